The van der Waals surface area contributed by atoms with E-state index in [-0.39, 0.29) is 6.04 Å². The summed E-state index contributed by atoms with van der Waals surface area (Å²) < 4.78 is 10.4. The highest BCUT2D eigenvalue weighted by Crippen LogP contribution is 2.25. The Morgan fingerprint density at radius 3 is 2.52 bits per heavy atom. The van der Waals surface area contributed by atoms with E-state index in [9.17, 15) is 0 Å². The van der Waals surface area contributed by atoms with Gasteiger partial charge in [0, 0.05) is 6.07 Å². The van der Waals surface area contributed by atoms with E-state index in [2.05, 4.69) is 21.7 Å². The molecule has 3 N–H and O–H groups in total. The standard InChI is InChI=1S/C15H20N4O2/c1-10-4-6-14(20-2)11(8-10)9-13(17-16)12-5-7-15(21-3)19-18-12/h4-8,13,17H,9,16H2,1-3H3. The van der Waals surface area contributed by atoms with Gasteiger partial charge < -0.3 is 9.47 Å². The molecule has 0 amide bonds. The third-order valence-corrected chi connectivity index (χ3v) is 3.29. The van der Waals surface area contributed by atoms with Crippen molar-refractivity contribution in [2.45, 2.75) is 19.4 Å². The van der Waals surface area contributed by atoms with Crippen molar-refractivity contribution in [3.63, 3.8) is 0 Å². The summed E-state index contributed by atoms with van der Waals surface area (Å²) in [5.41, 5.74) is 5.76. The number of benzene rings is 1. The van der Waals surface area contributed by atoms with Crippen LogP contribution >= 0.6 is 0 Å². The maximum absolute atomic E-state index is 5.66. The Kier molecular flexibility index (Phi) is 5.08. The minimum Gasteiger partial charge on any atom is -0.496 e. The predicted molar refractivity (Wildman–Crippen MR) is 80.1 cm³/mol. The number of hydrazine groups is 1. The molecule has 0 saturated heterocycles. The van der Waals surface area contributed by atoms with Gasteiger partial charge in [-0.2, -0.15) is 5.10 Å². The quantitative estimate of drug-likeness (QED) is 0.620. The number of aryl methyl sites for hydroxylation is 1. The highest BCUT2D eigenvalue weighted by atomic mass is 16.5. The fourth-order valence-electron chi connectivity index (χ4n) is 2.16. The Hall–Kier alpha value is -2.18. The number of ether oxygens (including phenoxy) is 2. The van der Waals surface area contributed by atoms with Crippen LogP contribution in [0.2, 0.25) is 0 Å². The van der Waals surface area contributed by atoms with Crippen molar-refractivity contribution in [3.05, 3.63) is 47.2 Å². The highest BCUT2D eigenvalue weighted by molar-refractivity contribution is 5.38. The molecule has 0 fully saturated rings. The zero-order valence-corrected chi connectivity index (χ0v) is 12.5. The van der Waals surface area contributed by atoms with Crippen molar-refractivity contribution in [2.24, 2.45) is 5.84 Å². The lowest BCUT2D eigenvalue weighted by Crippen LogP contribution is -2.30. The van der Waals surface area contributed by atoms with Crippen LogP contribution in [-0.4, -0.2) is 24.4 Å². The zero-order chi connectivity index (χ0) is 15.2. The number of rotatable bonds is 6. The largest absolute Gasteiger partial charge is 0.496 e. The molecular weight excluding hydrogens is 268 g/mol. The van der Waals surface area contributed by atoms with Gasteiger partial charge in [0.25, 0.3) is 0 Å². The molecule has 6 heteroatoms. The van der Waals surface area contributed by atoms with Crippen molar-refractivity contribution in [1.82, 2.24) is 15.6 Å². The summed E-state index contributed by atoms with van der Waals surface area (Å²) in [6.45, 7) is 2.04. The zero-order valence-electron chi connectivity index (χ0n) is 12.5. The smallest absolute Gasteiger partial charge is 0.233 e. The monoisotopic (exact) mass is 288 g/mol. The number of nitrogens with one attached hydrogen (secondary N) is 1. The number of aromatic nitrogens is 2. The van der Waals surface area contributed by atoms with E-state index < -0.39 is 0 Å². The van der Waals surface area contributed by atoms with Crippen molar-refractivity contribution in [3.8, 4) is 11.6 Å². The average molecular weight is 288 g/mol. The van der Waals surface area contributed by atoms with Crippen LogP contribution in [0.25, 0.3) is 0 Å². The molecule has 0 aliphatic rings. The molecule has 2 aromatic rings. The molecule has 0 spiro atoms. The number of methoxy groups -OCH3 is 2. The summed E-state index contributed by atoms with van der Waals surface area (Å²) in [4.78, 5) is 0. The fourth-order valence-corrected chi connectivity index (χ4v) is 2.16. The molecule has 0 saturated carbocycles. The van der Waals surface area contributed by atoms with Crippen LogP contribution in [0.1, 0.15) is 22.9 Å². The molecule has 1 aromatic carbocycles. The molecule has 21 heavy (non-hydrogen) atoms. The molecule has 2 rings (SSSR count). The fraction of sp³-hybridized carbons (Fsp3) is 0.333. The van der Waals surface area contributed by atoms with E-state index in [0.29, 0.717) is 12.3 Å². The first kappa shape index (κ1) is 15.2. The van der Waals surface area contributed by atoms with Gasteiger partial charge in [-0.05, 0) is 31.0 Å². The summed E-state index contributed by atoms with van der Waals surface area (Å²) in [5.74, 6) is 6.97. The summed E-state index contributed by atoms with van der Waals surface area (Å²) in [7, 11) is 3.21. The summed E-state index contributed by atoms with van der Waals surface area (Å²) in [6.07, 6.45) is 0.655. The van der Waals surface area contributed by atoms with E-state index in [0.717, 1.165) is 17.0 Å². The lowest BCUT2D eigenvalue weighted by atomic mass is 10.0. The summed E-state index contributed by atoms with van der Waals surface area (Å²) in [6, 6.07) is 9.51. The van der Waals surface area contributed by atoms with Gasteiger partial charge in [0.2, 0.25) is 5.88 Å². The molecule has 0 aliphatic heterocycles. The molecular formula is C15H20N4O2. The first-order valence-electron chi connectivity index (χ1n) is 6.65. The van der Waals surface area contributed by atoms with Crippen molar-refractivity contribution in [1.29, 1.82) is 0 Å². The van der Waals surface area contributed by atoms with Gasteiger partial charge in [-0.3, -0.25) is 11.3 Å². The molecule has 1 atom stereocenters. The third-order valence-electron chi connectivity index (χ3n) is 3.29. The van der Waals surface area contributed by atoms with E-state index in [4.69, 9.17) is 15.3 Å². The summed E-state index contributed by atoms with van der Waals surface area (Å²) in [5, 5.41) is 8.11. The minimum absolute atomic E-state index is 0.154. The molecule has 112 valence electrons. The second kappa shape index (κ2) is 7.01. The van der Waals surface area contributed by atoms with Crippen LogP contribution in [0, 0.1) is 6.92 Å². The van der Waals surface area contributed by atoms with Gasteiger partial charge in [-0.15, -0.1) is 5.10 Å². The Bertz CT molecular complexity index is 587. The normalized spacial score (nSPS) is 12.0. The lowest BCUT2D eigenvalue weighted by Gasteiger charge is -2.17. The molecule has 0 aliphatic carbocycles. The van der Waals surface area contributed by atoms with E-state index in [1.165, 1.54) is 5.56 Å². The number of hydrogen-bond donors (Lipinski definition) is 2. The predicted octanol–water partition coefficient (Wildman–Crippen LogP) is 1.55. The number of hydrogen-bond acceptors (Lipinski definition) is 6. The third kappa shape index (κ3) is 3.68. The van der Waals surface area contributed by atoms with E-state index >= 15 is 0 Å². The molecule has 0 bridgehead atoms. The van der Waals surface area contributed by atoms with Crippen LogP contribution in [0.3, 0.4) is 0 Å². The van der Waals surface area contributed by atoms with Gasteiger partial charge in [-0.1, -0.05) is 17.7 Å². The van der Waals surface area contributed by atoms with Crippen LogP contribution < -0.4 is 20.7 Å². The van der Waals surface area contributed by atoms with Gasteiger partial charge in [0.1, 0.15) is 5.75 Å². The second-order valence-corrected chi connectivity index (χ2v) is 4.74. The Labute approximate surface area is 124 Å². The maximum atomic E-state index is 5.66. The van der Waals surface area contributed by atoms with Crippen molar-refractivity contribution < 1.29 is 9.47 Å². The topological polar surface area (TPSA) is 82.3 Å². The Balaban J connectivity index is 2.23. The minimum atomic E-state index is -0.154. The van der Waals surface area contributed by atoms with Crippen molar-refractivity contribution in [2.75, 3.05) is 14.2 Å². The van der Waals surface area contributed by atoms with Crippen LogP contribution in [-0.2, 0) is 6.42 Å². The summed E-state index contributed by atoms with van der Waals surface area (Å²) >= 11 is 0. The van der Waals surface area contributed by atoms with E-state index in [1.54, 1.807) is 20.3 Å². The van der Waals surface area contributed by atoms with Gasteiger partial charge >= 0.3 is 0 Å². The number of nitrogens with zero attached hydrogens (tertiary/aromatic N) is 2. The molecule has 6 nitrogen and oxygen atoms in total. The SMILES string of the molecule is COc1ccc(C(Cc2cc(C)ccc2OC)NN)nn1. The maximum Gasteiger partial charge on any atom is 0.233 e. The Morgan fingerprint density at radius 1 is 1.14 bits per heavy atom. The van der Waals surface area contributed by atoms with Gasteiger partial charge in [-0.25, -0.2) is 0 Å². The van der Waals surface area contributed by atoms with Gasteiger partial charge in [0.05, 0.1) is 26.0 Å². The van der Waals surface area contributed by atoms with Crippen molar-refractivity contribution >= 4 is 0 Å². The molecule has 0 radical (unpaired) electrons. The molecule has 1 aromatic heterocycles. The molecule has 1 unspecified atom stereocenters. The second-order valence-electron chi connectivity index (χ2n) is 4.74. The average Bonchev–Trinajstić information content (AvgIpc) is 2.53. The first-order valence-corrected chi connectivity index (χ1v) is 6.65. The first-order chi connectivity index (χ1) is 10.2. The van der Waals surface area contributed by atoms with Crippen LogP contribution in [0.5, 0.6) is 11.6 Å². The molecule has 1 heterocycles. The van der Waals surface area contributed by atoms with E-state index in [1.807, 2.05) is 25.1 Å². The highest BCUT2D eigenvalue weighted by Gasteiger charge is 2.15. The van der Waals surface area contributed by atoms with Crippen LogP contribution in [0.4, 0.5) is 0 Å². The number of nitrogens with two attached hydrogens (primary N) is 1. The van der Waals surface area contributed by atoms with Gasteiger partial charge in [0.15, 0.2) is 0 Å². The Morgan fingerprint density at radius 2 is 1.95 bits per heavy atom. The van der Waals surface area contributed by atoms with Crippen LogP contribution in [0.15, 0.2) is 30.3 Å². The lowest BCUT2D eigenvalue weighted by molar-refractivity contribution is 0.388.